The summed E-state index contributed by atoms with van der Waals surface area (Å²) in [6.07, 6.45) is 0.481. The van der Waals surface area contributed by atoms with E-state index < -0.39 is 0 Å². The smallest absolute Gasteiger partial charge is 0.227 e. The highest BCUT2D eigenvalue weighted by atomic mass is 35.5. The Morgan fingerprint density at radius 2 is 1.78 bits per heavy atom. The Morgan fingerprint density at radius 3 is 2.43 bits per heavy atom. The van der Waals surface area contributed by atoms with Crippen molar-refractivity contribution in [3.8, 4) is 0 Å². The summed E-state index contributed by atoms with van der Waals surface area (Å²) < 4.78 is 0. The van der Waals surface area contributed by atoms with Crippen LogP contribution in [0.2, 0.25) is 5.02 Å². The number of carbonyl (C=O) groups excluding carboxylic acids is 1. The fourth-order valence-corrected chi connectivity index (χ4v) is 3.21. The molecule has 0 aromatic heterocycles. The van der Waals surface area contributed by atoms with Gasteiger partial charge in [-0.3, -0.25) is 4.79 Å². The lowest BCUT2D eigenvalue weighted by molar-refractivity contribution is -0.131. The van der Waals surface area contributed by atoms with Crippen molar-refractivity contribution in [2.45, 2.75) is 19.4 Å². The molecule has 1 aliphatic heterocycles. The minimum atomic E-state index is 0.207. The number of nitrogens with zero attached hydrogens (tertiary/aromatic N) is 2. The monoisotopic (exact) mass is 328 g/mol. The van der Waals surface area contributed by atoms with Crippen molar-refractivity contribution in [2.24, 2.45) is 0 Å². The van der Waals surface area contributed by atoms with E-state index in [2.05, 4.69) is 11.8 Å². The number of hydrogen-bond acceptors (Lipinski definition) is 2. The Morgan fingerprint density at radius 1 is 1.09 bits per heavy atom. The molecule has 2 aromatic carbocycles. The molecular formula is C19H21ClN2O. The lowest BCUT2D eigenvalue weighted by atomic mass is 10.1. The topological polar surface area (TPSA) is 23.6 Å². The summed E-state index contributed by atoms with van der Waals surface area (Å²) in [6, 6.07) is 18.1. The minimum absolute atomic E-state index is 0.207. The second kappa shape index (κ2) is 7.05. The summed E-state index contributed by atoms with van der Waals surface area (Å²) in [5.74, 6) is 0.207. The van der Waals surface area contributed by atoms with E-state index in [4.69, 9.17) is 11.6 Å². The highest BCUT2D eigenvalue weighted by molar-refractivity contribution is 6.30. The van der Waals surface area contributed by atoms with Crippen LogP contribution in [0.5, 0.6) is 0 Å². The van der Waals surface area contributed by atoms with Crippen LogP contribution < -0.4 is 4.90 Å². The Kier molecular flexibility index (Phi) is 4.87. The van der Waals surface area contributed by atoms with Gasteiger partial charge < -0.3 is 9.80 Å². The minimum Gasteiger partial charge on any atom is -0.365 e. The molecule has 0 saturated carbocycles. The van der Waals surface area contributed by atoms with Gasteiger partial charge in [-0.1, -0.05) is 41.9 Å². The number of carbonyl (C=O) groups is 1. The van der Waals surface area contributed by atoms with Crippen molar-refractivity contribution in [3.63, 3.8) is 0 Å². The molecule has 1 heterocycles. The van der Waals surface area contributed by atoms with Crippen LogP contribution in [0.3, 0.4) is 0 Å². The third-order valence-corrected chi connectivity index (χ3v) is 4.59. The molecule has 0 N–H and O–H groups in total. The number of anilines is 1. The van der Waals surface area contributed by atoms with E-state index in [1.54, 1.807) is 0 Å². The maximum atomic E-state index is 12.5. The predicted molar refractivity (Wildman–Crippen MR) is 95.0 cm³/mol. The standard InChI is InChI=1S/C19H21ClN2O/c1-15-14-21(19(23)13-16-5-3-2-4-6-16)11-12-22(15)18-9-7-17(20)8-10-18/h2-10,15H,11-14H2,1H3. The molecule has 1 saturated heterocycles. The first kappa shape index (κ1) is 15.9. The van der Waals surface area contributed by atoms with Crippen molar-refractivity contribution >= 4 is 23.2 Å². The lowest BCUT2D eigenvalue weighted by Crippen LogP contribution is -2.54. The molecule has 1 amide bonds. The number of benzene rings is 2. The van der Waals surface area contributed by atoms with Crippen molar-refractivity contribution in [1.82, 2.24) is 4.90 Å². The maximum Gasteiger partial charge on any atom is 0.227 e. The second-order valence-electron chi connectivity index (χ2n) is 6.02. The van der Waals surface area contributed by atoms with Gasteiger partial charge in [0.2, 0.25) is 5.91 Å². The van der Waals surface area contributed by atoms with Crippen LogP contribution in [0.4, 0.5) is 5.69 Å². The van der Waals surface area contributed by atoms with Crippen molar-refractivity contribution in [1.29, 1.82) is 0 Å². The Hall–Kier alpha value is -2.00. The van der Waals surface area contributed by atoms with Gasteiger partial charge in [0.1, 0.15) is 0 Å². The zero-order valence-electron chi connectivity index (χ0n) is 13.3. The van der Waals surface area contributed by atoms with Crippen LogP contribution in [-0.2, 0) is 11.2 Å². The molecule has 23 heavy (non-hydrogen) atoms. The zero-order valence-corrected chi connectivity index (χ0v) is 14.0. The molecule has 1 aliphatic rings. The van der Waals surface area contributed by atoms with Crippen molar-refractivity contribution in [2.75, 3.05) is 24.5 Å². The van der Waals surface area contributed by atoms with Crippen LogP contribution in [0.1, 0.15) is 12.5 Å². The molecule has 0 bridgehead atoms. The largest absolute Gasteiger partial charge is 0.365 e. The second-order valence-corrected chi connectivity index (χ2v) is 6.46. The summed E-state index contributed by atoms with van der Waals surface area (Å²) in [6.45, 7) is 4.53. The van der Waals surface area contributed by atoms with Crippen molar-refractivity contribution < 1.29 is 4.79 Å². The number of amides is 1. The molecule has 0 aliphatic carbocycles. The quantitative estimate of drug-likeness (QED) is 0.859. The van der Waals surface area contributed by atoms with E-state index in [1.165, 1.54) is 0 Å². The average Bonchev–Trinajstić information content (AvgIpc) is 2.57. The van der Waals surface area contributed by atoms with Crippen LogP contribution in [0.15, 0.2) is 54.6 Å². The molecule has 1 atom stereocenters. The van der Waals surface area contributed by atoms with Crippen LogP contribution in [0.25, 0.3) is 0 Å². The normalized spacial score (nSPS) is 18.1. The summed E-state index contributed by atoms with van der Waals surface area (Å²) in [4.78, 5) is 16.8. The number of halogens is 1. The molecule has 0 radical (unpaired) electrons. The third kappa shape index (κ3) is 3.85. The average molecular weight is 329 g/mol. The molecule has 3 rings (SSSR count). The summed E-state index contributed by atoms with van der Waals surface area (Å²) >= 11 is 5.96. The van der Waals surface area contributed by atoms with Gasteiger partial charge in [0.15, 0.2) is 0 Å². The number of hydrogen-bond donors (Lipinski definition) is 0. The zero-order chi connectivity index (χ0) is 16.2. The van der Waals surface area contributed by atoms with Crippen LogP contribution >= 0.6 is 11.6 Å². The predicted octanol–water partition coefficient (Wildman–Crippen LogP) is 3.62. The SMILES string of the molecule is CC1CN(C(=O)Cc2ccccc2)CCN1c1ccc(Cl)cc1. The molecule has 4 heteroatoms. The fourth-order valence-electron chi connectivity index (χ4n) is 3.08. The van der Waals surface area contributed by atoms with Crippen LogP contribution in [-0.4, -0.2) is 36.5 Å². The van der Waals surface area contributed by atoms with Gasteiger partial charge >= 0.3 is 0 Å². The highest BCUT2D eigenvalue weighted by Crippen LogP contribution is 2.23. The highest BCUT2D eigenvalue weighted by Gasteiger charge is 2.26. The summed E-state index contributed by atoms with van der Waals surface area (Å²) in [5, 5.41) is 0.748. The maximum absolute atomic E-state index is 12.5. The number of rotatable bonds is 3. The molecular weight excluding hydrogens is 308 g/mol. The van der Waals surface area contributed by atoms with Crippen LogP contribution in [0, 0.1) is 0 Å². The van der Waals surface area contributed by atoms with Gasteiger partial charge in [-0.25, -0.2) is 0 Å². The summed E-state index contributed by atoms with van der Waals surface area (Å²) in [7, 11) is 0. The van der Waals surface area contributed by atoms with Gasteiger partial charge in [0.25, 0.3) is 0 Å². The molecule has 3 nitrogen and oxygen atoms in total. The van der Waals surface area contributed by atoms with Gasteiger partial charge in [-0.05, 0) is 36.8 Å². The molecule has 0 spiro atoms. The van der Waals surface area contributed by atoms with Gasteiger partial charge in [-0.2, -0.15) is 0 Å². The van der Waals surface area contributed by atoms with E-state index in [1.807, 2.05) is 59.5 Å². The first-order valence-electron chi connectivity index (χ1n) is 7.97. The molecule has 120 valence electrons. The van der Waals surface area contributed by atoms with E-state index in [9.17, 15) is 4.79 Å². The van der Waals surface area contributed by atoms with E-state index >= 15 is 0 Å². The van der Waals surface area contributed by atoms with E-state index in [0.29, 0.717) is 12.5 Å². The molecule has 1 fully saturated rings. The summed E-state index contributed by atoms with van der Waals surface area (Å²) in [5.41, 5.74) is 2.24. The lowest BCUT2D eigenvalue weighted by Gasteiger charge is -2.41. The fraction of sp³-hybridized carbons (Fsp3) is 0.316. The Bertz CT molecular complexity index is 657. The van der Waals surface area contributed by atoms with Gasteiger partial charge in [0.05, 0.1) is 6.42 Å². The van der Waals surface area contributed by atoms with Gasteiger partial charge in [0, 0.05) is 36.4 Å². The third-order valence-electron chi connectivity index (χ3n) is 4.34. The Labute approximate surface area is 142 Å². The van der Waals surface area contributed by atoms with E-state index in [0.717, 1.165) is 35.9 Å². The number of piperazine rings is 1. The first-order chi connectivity index (χ1) is 11.1. The Balaban J connectivity index is 1.61. The van der Waals surface area contributed by atoms with E-state index in [-0.39, 0.29) is 5.91 Å². The molecule has 1 unspecified atom stereocenters. The molecule has 2 aromatic rings. The first-order valence-corrected chi connectivity index (χ1v) is 8.35. The van der Waals surface area contributed by atoms with Crippen molar-refractivity contribution in [3.05, 3.63) is 65.2 Å². The van der Waals surface area contributed by atoms with Gasteiger partial charge in [-0.15, -0.1) is 0 Å².